The number of piperazine rings is 1. The Morgan fingerprint density at radius 1 is 1.45 bits per heavy atom. The van der Waals surface area contributed by atoms with Crippen LogP contribution < -0.4 is 5.32 Å². The molecule has 6 heteroatoms. The zero-order valence-electron chi connectivity index (χ0n) is 11.9. The third-order valence-corrected chi connectivity index (χ3v) is 4.61. The second-order valence-electron chi connectivity index (χ2n) is 5.85. The van der Waals surface area contributed by atoms with Gasteiger partial charge in [0.1, 0.15) is 5.54 Å². The van der Waals surface area contributed by atoms with Gasteiger partial charge < -0.3 is 10.2 Å². The lowest BCUT2D eigenvalue weighted by Gasteiger charge is -2.44. The fraction of sp³-hybridized carbons (Fsp3) is 0.643. The Hall–Kier alpha value is -1.85. The lowest BCUT2D eigenvalue weighted by Crippen LogP contribution is -2.67. The number of hydrogen-bond acceptors (Lipinski definition) is 3. The van der Waals surface area contributed by atoms with Crippen molar-refractivity contribution in [2.45, 2.75) is 31.7 Å². The summed E-state index contributed by atoms with van der Waals surface area (Å²) in [5.74, 6) is 0.309. The molecule has 0 aromatic carbocycles. The number of hydrogen-bond donors (Lipinski definition) is 1. The van der Waals surface area contributed by atoms with Crippen molar-refractivity contribution in [2.75, 3.05) is 13.1 Å². The van der Waals surface area contributed by atoms with Crippen LogP contribution in [0.5, 0.6) is 0 Å². The standard InChI is InChI=1S/C14H20N4O2/c1-14(10-3-4-10)13(20)15-9-12(19)18(14)8-6-11-5-7-16-17(11)2/h5,7,10H,3-4,6,8-9H2,1-2H3,(H,15,20). The number of aromatic nitrogens is 2. The molecule has 1 atom stereocenters. The molecule has 6 nitrogen and oxygen atoms in total. The van der Waals surface area contributed by atoms with E-state index in [1.807, 2.05) is 24.7 Å². The fourth-order valence-corrected chi connectivity index (χ4v) is 3.09. The molecular formula is C14H20N4O2. The summed E-state index contributed by atoms with van der Waals surface area (Å²) in [6.07, 6.45) is 4.52. The van der Waals surface area contributed by atoms with Crippen LogP contribution in [0.4, 0.5) is 0 Å². The van der Waals surface area contributed by atoms with E-state index in [9.17, 15) is 9.59 Å². The molecule has 2 amide bonds. The predicted molar refractivity (Wildman–Crippen MR) is 72.8 cm³/mol. The zero-order valence-corrected chi connectivity index (χ0v) is 11.9. The summed E-state index contributed by atoms with van der Waals surface area (Å²) in [6.45, 7) is 2.59. The first kappa shape index (κ1) is 13.1. The Morgan fingerprint density at radius 2 is 2.20 bits per heavy atom. The maximum absolute atomic E-state index is 12.3. The predicted octanol–water partition coefficient (Wildman–Crippen LogP) is 0.0897. The maximum atomic E-state index is 12.3. The molecule has 1 N–H and O–H groups in total. The van der Waals surface area contributed by atoms with Crippen molar-refractivity contribution in [2.24, 2.45) is 13.0 Å². The first-order valence-electron chi connectivity index (χ1n) is 7.09. The van der Waals surface area contributed by atoms with E-state index in [2.05, 4.69) is 10.4 Å². The summed E-state index contributed by atoms with van der Waals surface area (Å²) < 4.78 is 1.81. The van der Waals surface area contributed by atoms with Crippen LogP contribution in [0.3, 0.4) is 0 Å². The van der Waals surface area contributed by atoms with Gasteiger partial charge >= 0.3 is 0 Å². The van der Waals surface area contributed by atoms with Crippen LogP contribution in [0, 0.1) is 5.92 Å². The van der Waals surface area contributed by atoms with Crippen LogP contribution in [0.2, 0.25) is 0 Å². The van der Waals surface area contributed by atoms with Crippen molar-refractivity contribution >= 4 is 11.8 Å². The van der Waals surface area contributed by atoms with E-state index in [1.54, 1.807) is 11.1 Å². The van der Waals surface area contributed by atoms with Crippen LogP contribution in [0.1, 0.15) is 25.5 Å². The Kier molecular flexibility index (Phi) is 3.03. The van der Waals surface area contributed by atoms with Crippen molar-refractivity contribution in [1.82, 2.24) is 20.0 Å². The highest BCUT2D eigenvalue weighted by atomic mass is 16.2. The van der Waals surface area contributed by atoms with Gasteiger partial charge in [-0.05, 0) is 31.7 Å². The highest BCUT2D eigenvalue weighted by molar-refractivity contribution is 5.98. The van der Waals surface area contributed by atoms with Gasteiger partial charge in [-0.2, -0.15) is 5.10 Å². The number of nitrogens with zero attached hydrogens (tertiary/aromatic N) is 3. The molecule has 1 aromatic rings. The molecule has 0 bridgehead atoms. The van der Waals surface area contributed by atoms with Gasteiger partial charge in [-0.3, -0.25) is 14.3 Å². The van der Waals surface area contributed by atoms with Gasteiger partial charge in [-0.15, -0.1) is 0 Å². The summed E-state index contributed by atoms with van der Waals surface area (Å²) in [5, 5.41) is 6.86. The largest absolute Gasteiger partial charge is 0.345 e. The molecule has 1 aromatic heterocycles. The molecule has 2 aliphatic rings. The molecule has 2 heterocycles. The highest BCUT2D eigenvalue weighted by Crippen LogP contribution is 2.44. The van der Waals surface area contributed by atoms with Crippen molar-refractivity contribution in [1.29, 1.82) is 0 Å². The molecule has 0 radical (unpaired) electrons. The van der Waals surface area contributed by atoms with E-state index >= 15 is 0 Å². The Balaban J connectivity index is 1.79. The monoisotopic (exact) mass is 276 g/mol. The van der Waals surface area contributed by atoms with E-state index in [-0.39, 0.29) is 18.4 Å². The topological polar surface area (TPSA) is 67.2 Å². The van der Waals surface area contributed by atoms with Crippen molar-refractivity contribution in [3.05, 3.63) is 18.0 Å². The normalized spacial score (nSPS) is 26.8. The van der Waals surface area contributed by atoms with Crippen LogP contribution in [-0.2, 0) is 23.1 Å². The highest BCUT2D eigenvalue weighted by Gasteiger charge is 2.54. The molecule has 20 heavy (non-hydrogen) atoms. The minimum atomic E-state index is -0.673. The Labute approximate surface area is 118 Å². The van der Waals surface area contributed by atoms with Crippen LogP contribution in [0.25, 0.3) is 0 Å². The molecular weight excluding hydrogens is 256 g/mol. The second kappa shape index (κ2) is 4.61. The van der Waals surface area contributed by atoms with E-state index in [1.165, 1.54) is 0 Å². The molecule has 1 saturated heterocycles. The third-order valence-electron chi connectivity index (χ3n) is 4.61. The average Bonchev–Trinajstić information content (AvgIpc) is 3.19. The van der Waals surface area contributed by atoms with E-state index < -0.39 is 5.54 Å². The number of carbonyl (C=O) groups is 2. The van der Waals surface area contributed by atoms with Crippen molar-refractivity contribution in [3.63, 3.8) is 0 Å². The summed E-state index contributed by atoms with van der Waals surface area (Å²) >= 11 is 0. The van der Waals surface area contributed by atoms with Gasteiger partial charge in [0, 0.05) is 31.9 Å². The van der Waals surface area contributed by atoms with E-state index in [0.29, 0.717) is 12.5 Å². The number of rotatable bonds is 4. The average molecular weight is 276 g/mol. The zero-order chi connectivity index (χ0) is 14.3. The summed E-state index contributed by atoms with van der Waals surface area (Å²) in [5.41, 5.74) is 0.399. The Bertz CT molecular complexity index is 549. The first-order chi connectivity index (χ1) is 9.53. The molecule has 2 fully saturated rings. The SMILES string of the molecule is Cn1nccc1CCN1C(=O)CNC(=O)C1(C)C1CC1. The Morgan fingerprint density at radius 3 is 2.80 bits per heavy atom. The van der Waals surface area contributed by atoms with Gasteiger partial charge in [0.05, 0.1) is 6.54 Å². The molecule has 1 aliphatic heterocycles. The summed E-state index contributed by atoms with van der Waals surface area (Å²) in [4.78, 5) is 26.3. The summed E-state index contributed by atoms with van der Waals surface area (Å²) in [6, 6.07) is 1.95. The molecule has 1 aliphatic carbocycles. The minimum Gasteiger partial charge on any atom is -0.345 e. The van der Waals surface area contributed by atoms with Gasteiger partial charge in [0.25, 0.3) is 0 Å². The third kappa shape index (κ3) is 1.99. The van der Waals surface area contributed by atoms with Crippen LogP contribution >= 0.6 is 0 Å². The fourth-order valence-electron chi connectivity index (χ4n) is 3.09. The minimum absolute atomic E-state index is 0.00962. The van der Waals surface area contributed by atoms with Crippen LogP contribution in [-0.4, -0.2) is 45.1 Å². The van der Waals surface area contributed by atoms with Crippen LogP contribution in [0.15, 0.2) is 12.3 Å². The number of aryl methyl sites for hydroxylation is 1. The van der Waals surface area contributed by atoms with Gasteiger partial charge in [-0.1, -0.05) is 0 Å². The number of nitrogens with one attached hydrogen (secondary N) is 1. The number of carbonyl (C=O) groups excluding carboxylic acids is 2. The number of amides is 2. The quantitative estimate of drug-likeness (QED) is 0.847. The van der Waals surface area contributed by atoms with Crippen molar-refractivity contribution in [3.8, 4) is 0 Å². The van der Waals surface area contributed by atoms with Gasteiger partial charge in [0.2, 0.25) is 11.8 Å². The molecule has 1 saturated carbocycles. The summed E-state index contributed by atoms with van der Waals surface area (Å²) in [7, 11) is 1.89. The van der Waals surface area contributed by atoms with Crippen molar-refractivity contribution < 1.29 is 9.59 Å². The van der Waals surface area contributed by atoms with E-state index in [4.69, 9.17) is 0 Å². The van der Waals surface area contributed by atoms with Gasteiger partial charge in [-0.25, -0.2) is 0 Å². The smallest absolute Gasteiger partial charge is 0.246 e. The lowest BCUT2D eigenvalue weighted by atomic mass is 9.89. The molecule has 1 unspecified atom stereocenters. The second-order valence-corrected chi connectivity index (χ2v) is 5.85. The van der Waals surface area contributed by atoms with Gasteiger partial charge in [0.15, 0.2) is 0 Å². The van der Waals surface area contributed by atoms with E-state index in [0.717, 1.165) is 25.0 Å². The molecule has 0 spiro atoms. The first-order valence-corrected chi connectivity index (χ1v) is 7.09. The maximum Gasteiger partial charge on any atom is 0.246 e. The molecule has 108 valence electrons. The molecule has 3 rings (SSSR count). The lowest BCUT2D eigenvalue weighted by molar-refractivity contribution is -0.154.